The first-order valence-electron chi connectivity index (χ1n) is 11.7. The van der Waals surface area contributed by atoms with Gasteiger partial charge >= 0.3 is 0 Å². The van der Waals surface area contributed by atoms with Gasteiger partial charge in [0.05, 0.1) is 11.1 Å². The number of likely N-dealkylation sites (N-methyl/N-ethyl adjacent to an activating group) is 1. The summed E-state index contributed by atoms with van der Waals surface area (Å²) in [6.07, 6.45) is 1.74. The van der Waals surface area contributed by atoms with Crippen molar-refractivity contribution >= 4 is 29.3 Å². The van der Waals surface area contributed by atoms with Crippen molar-refractivity contribution in [3.05, 3.63) is 97.9 Å². The van der Waals surface area contributed by atoms with Gasteiger partial charge in [0.1, 0.15) is 12.4 Å². The first-order valence-corrected chi connectivity index (χ1v) is 13.1. The highest BCUT2D eigenvalue weighted by atomic mass is 35.5. The van der Waals surface area contributed by atoms with E-state index in [0.29, 0.717) is 17.9 Å². The van der Waals surface area contributed by atoms with Crippen molar-refractivity contribution in [2.24, 2.45) is 0 Å². The normalized spacial score (nSPS) is 18.1. The summed E-state index contributed by atoms with van der Waals surface area (Å²) in [5, 5.41) is 2.93. The quantitative estimate of drug-likeness (QED) is 0.519. The van der Waals surface area contributed by atoms with Gasteiger partial charge in [-0.1, -0.05) is 48.0 Å². The van der Waals surface area contributed by atoms with Crippen LogP contribution in [0.1, 0.15) is 45.7 Å². The lowest BCUT2D eigenvalue weighted by Crippen LogP contribution is -2.59. The van der Waals surface area contributed by atoms with E-state index in [0.717, 1.165) is 27.8 Å². The zero-order valence-corrected chi connectivity index (χ0v) is 21.9. The smallest absolute Gasteiger partial charge is 0.274 e. The molecule has 0 radical (unpaired) electrons. The molecule has 0 aliphatic carbocycles. The van der Waals surface area contributed by atoms with E-state index in [-0.39, 0.29) is 23.4 Å². The number of fused-ring (bicyclic) bond motifs is 3. The molecule has 0 fully saturated rings. The molecule has 0 N–H and O–H groups in total. The van der Waals surface area contributed by atoms with Gasteiger partial charge in [-0.2, -0.15) is 0 Å². The van der Waals surface area contributed by atoms with Crippen molar-refractivity contribution in [2.75, 3.05) is 32.3 Å². The number of halogens is 1. The van der Waals surface area contributed by atoms with Crippen LogP contribution in [0, 0.1) is 6.92 Å². The van der Waals surface area contributed by atoms with Crippen LogP contribution in [0.3, 0.4) is 0 Å². The Kier molecular flexibility index (Phi) is 6.42. The maximum Gasteiger partial charge on any atom is 0.274 e. The fourth-order valence-electron chi connectivity index (χ4n) is 5.16. The largest absolute Gasteiger partial charge is 0.314 e. The van der Waals surface area contributed by atoms with Gasteiger partial charge in [0.2, 0.25) is 0 Å². The lowest BCUT2D eigenvalue weighted by atomic mass is 9.94. The highest BCUT2D eigenvalue weighted by Gasteiger charge is 2.39. The van der Waals surface area contributed by atoms with Crippen LogP contribution in [0.25, 0.3) is 0 Å². The molecule has 6 nitrogen and oxygen atoms in total. The Bertz CT molecular complexity index is 1360. The van der Waals surface area contributed by atoms with Crippen molar-refractivity contribution in [3.63, 3.8) is 0 Å². The van der Waals surface area contributed by atoms with E-state index >= 15 is 0 Å². The van der Waals surface area contributed by atoms with Gasteiger partial charge in [0, 0.05) is 41.1 Å². The second-order valence-corrected chi connectivity index (χ2v) is 10.9. The SMILES string of the molecule is Cc1c2n(ccc1=O)N(C1c3ccccc3CSc3c(Cl)cccc31)CN(C(C)CN(C)C)C2=O. The fourth-order valence-corrected chi connectivity index (χ4v) is 6.62. The van der Waals surface area contributed by atoms with E-state index in [9.17, 15) is 9.59 Å². The summed E-state index contributed by atoms with van der Waals surface area (Å²) in [7, 11) is 4.01. The van der Waals surface area contributed by atoms with Gasteiger partial charge in [0.25, 0.3) is 5.91 Å². The lowest BCUT2D eigenvalue weighted by Gasteiger charge is -2.46. The number of thioether (sulfide) groups is 1. The van der Waals surface area contributed by atoms with E-state index in [1.54, 1.807) is 30.9 Å². The molecule has 8 heteroatoms. The molecule has 2 aromatic carbocycles. The Morgan fingerprint density at radius 3 is 2.60 bits per heavy atom. The second kappa shape index (κ2) is 9.37. The van der Waals surface area contributed by atoms with E-state index < -0.39 is 0 Å². The van der Waals surface area contributed by atoms with Gasteiger partial charge in [-0.25, -0.2) is 0 Å². The summed E-state index contributed by atoms with van der Waals surface area (Å²) in [4.78, 5) is 31.4. The van der Waals surface area contributed by atoms with E-state index in [4.69, 9.17) is 11.6 Å². The van der Waals surface area contributed by atoms with Gasteiger partial charge in [0.15, 0.2) is 5.43 Å². The minimum Gasteiger partial charge on any atom is -0.314 e. The van der Waals surface area contributed by atoms with Gasteiger partial charge in [-0.05, 0) is 50.7 Å². The fraction of sp³-hybridized carbons (Fsp3) is 0.333. The number of amides is 1. The van der Waals surface area contributed by atoms with Crippen LogP contribution >= 0.6 is 23.4 Å². The highest BCUT2D eigenvalue weighted by Crippen LogP contribution is 2.45. The van der Waals surface area contributed by atoms with E-state index in [1.165, 1.54) is 11.1 Å². The zero-order valence-electron chi connectivity index (χ0n) is 20.4. The Morgan fingerprint density at radius 2 is 1.83 bits per heavy atom. The molecule has 0 bridgehead atoms. The number of aromatic nitrogens is 1. The van der Waals surface area contributed by atoms with E-state index in [1.807, 2.05) is 35.8 Å². The summed E-state index contributed by atoms with van der Waals surface area (Å²) in [6, 6.07) is 15.8. The molecule has 2 aliphatic heterocycles. The molecule has 1 amide bonds. The third-order valence-corrected chi connectivity index (χ3v) is 8.46. The molecular formula is C27H29ClN4O2S. The summed E-state index contributed by atoms with van der Waals surface area (Å²) in [5.41, 5.74) is 4.27. The van der Waals surface area contributed by atoms with Crippen molar-refractivity contribution in [2.45, 2.75) is 36.6 Å². The third-order valence-electron chi connectivity index (χ3n) is 6.83. The molecule has 1 aromatic heterocycles. The average molecular weight is 509 g/mol. The molecule has 35 heavy (non-hydrogen) atoms. The number of rotatable bonds is 4. The Hall–Kier alpha value is -2.74. The Labute approximate surface area is 215 Å². The monoisotopic (exact) mass is 508 g/mol. The number of nitrogens with zero attached hydrogens (tertiary/aromatic N) is 4. The minimum atomic E-state index is -0.183. The number of hydrogen-bond donors (Lipinski definition) is 0. The number of pyridine rings is 1. The van der Waals surface area contributed by atoms with Crippen molar-refractivity contribution in [1.82, 2.24) is 14.5 Å². The lowest BCUT2D eigenvalue weighted by molar-refractivity contribution is 0.0581. The molecule has 2 atom stereocenters. The Balaban J connectivity index is 1.75. The third kappa shape index (κ3) is 4.15. The van der Waals surface area contributed by atoms with Crippen LogP contribution in [0.4, 0.5) is 0 Å². The van der Waals surface area contributed by atoms with Gasteiger partial charge in [-0.3, -0.25) is 19.3 Å². The summed E-state index contributed by atoms with van der Waals surface area (Å²) in [6.45, 7) is 4.91. The second-order valence-electron chi connectivity index (χ2n) is 9.51. The zero-order chi connectivity index (χ0) is 24.9. The van der Waals surface area contributed by atoms with Crippen LogP contribution in [-0.2, 0) is 5.75 Å². The van der Waals surface area contributed by atoms with Crippen LogP contribution in [0.5, 0.6) is 0 Å². The number of hydrogen-bond acceptors (Lipinski definition) is 5. The van der Waals surface area contributed by atoms with Gasteiger partial charge in [-0.15, -0.1) is 11.8 Å². The van der Waals surface area contributed by atoms with Crippen LogP contribution in [-0.4, -0.2) is 53.7 Å². The van der Waals surface area contributed by atoms with Crippen LogP contribution in [0.15, 0.2) is 64.4 Å². The topological polar surface area (TPSA) is 48.8 Å². The molecule has 0 saturated carbocycles. The molecular weight excluding hydrogens is 480 g/mol. The first-order chi connectivity index (χ1) is 16.8. The van der Waals surface area contributed by atoms with E-state index in [2.05, 4.69) is 47.2 Å². The predicted molar refractivity (Wildman–Crippen MR) is 142 cm³/mol. The maximum atomic E-state index is 13.8. The highest BCUT2D eigenvalue weighted by molar-refractivity contribution is 7.98. The van der Waals surface area contributed by atoms with Gasteiger partial charge < -0.3 is 9.80 Å². The molecule has 3 aromatic rings. The number of carbonyl (C=O) groups is 1. The van der Waals surface area contributed by atoms with Crippen LogP contribution < -0.4 is 10.4 Å². The molecule has 182 valence electrons. The predicted octanol–water partition coefficient (Wildman–Crippen LogP) is 4.51. The minimum absolute atomic E-state index is 0.0438. The summed E-state index contributed by atoms with van der Waals surface area (Å²) in [5.74, 6) is 0.695. The molecule has 2 aliphatic rings. The maximum absolute atomic E-state index is 13.8. The molecule has 3 heterocycles. The molecule has 0 spiro atoms. The summed E-state index contributed by atoms with van der Waals surface area (Å²) < 4.78 is 1.89. The van der Waals surface area contributed by atoms with Crippen LogP contribution in [0.2, 0.25) is 5.02 Å². The summed E-state index contributed by atoms with van der Waals surface area (Å²) >= 11 is 8.45. The molecule has 0 saturated heterocycles. The number of benzene rings is 2. The standard InChI is InChI=1S/C27H29ClN4O2S/c1-17(14-29(3)4)30-16-32(31-13-12-23(33)18(2)24(31)27(30)34)25-20-9-6-5-8-19(20)15-35-26-21(25)10-7-11-22(26)28/h5-13,17,25H,14-16H2,1-4H3. The Morgan fingerprint density at radius 1 is 1.09 bits per heavy atom. The van der Waals surface area contributed by atoms with Crippen molar-refractivity contribution in [3.8, 4) is 0 Å². The van der Waals surface area contributed by atoms with Crippen molar-refractivity contribution < 1.29 is 4.79 Å². The molecule has 5 rings (SSSR count). The number of carbonyl (C=O) groups excluding carboxylic acids is 1. The van der Waals surface area contributed by atoms with Crippen molar-refractivity contribution in [1.29, 1.82) is 0 Å². The molecule has 2 unspecified atom stereocenters. The first kappa shape index (κ1) is 24.0. The average Bonchev–Trinajstić information content (AvgIpc) is 2.99.